The lowest BCUT2D eigenvalue weighted by molar-refractivity contribution is -0.141. The molecule has 1 N–H and O–H groups in total. The fourth-order valence-corrected chi connectivity index (χ4v) is 9.55. The summed E-state index contributed by atoms with van der Waals surface area (Å²) in [5, 5.41) is 9.63. The molecule has 0 saturated carbocycles. The van der Waals surface area contributed by atoms with Gasteiger partial charge in [-0.1, -0.05) is 71.9 Å². The molecule has 0 aliphatic heterocycles. The summed E-state index contributed by atoms with van der Waals surface area (Å²) in [6.45, 7) is 17.8. The number of rotatable bonds is 6. The zero-order valence-corrected chi connectivity index (χ0v) is 18.1. The Balaban J connectivity index is 3.31. The second kappa shape index (κ2) is 8.17. The van der Waals surface area contributed by atoms with E-state index >= 15 is 0 Å². The molecule has 0 heterocycles. The van der Waals surface area contributed by atoms with Crippen LogP contribution < -0.4 is 10.3 Å². The SMILES string of the molecule is CCOC(=O)C/C(C)=N\N[Si](c1ccccc1)(C(C)(C)C)C(C)(C)C. The van der Waals surface area contributed by atoms with Crippen molar-refractivity contribution in [1.82, 2.24) is 5.09 Å². The number of hydrogen-bond acceptors (Lipinski definition) is 4. The summed E-state index contributed by atoms with van der Waals surface area (Å²) in [6, 6.07) is 10.6. The standard InChI is InChI=1S/C20H34N2O2Si/c1-9-24-18(23)15-16(2)21-22-25(19(3,4)5,20(6,7)8)17-13-11-10-12-14-17/h10-14,22H,9,15H2,1-8H3/b21-16-. The summed E-state index contributed by atoms with van der Waals surface area (Å²) in [4.78, 5) is 11.7. The Bertz CT molecular complexity index is 584. The van der Waals surface area contributed by atoms with Crippen LogP contribution in [0.4, 0.5) is 0 Å². The molecule has 140 valence electrons. The van der Waals surface area contributed by atoms with Gasteiger partial charge >= 0.3 is 5.97 Å². The Morgan fingerprint density at radius 1 is 1.08 bits per heavy atom. The third-order valence-electron chi connectivity index (χ3n) is 4.58. The lowest BCUT2D eigenvalue weighted by Crippen LogP contribution is -2.69. The predicted octanol–water partition coefficient (Wildman–Crippen LogP) is 4.36. The van der Waals surface area contributed by atoms with Crippen LogP contribution in [-0.2, 0) is 9.53 Å². The molecule has 0 spiro atoms. The molecule has 0 bridgehead atoms. The fraction of sp³-hybridized carbons (Fsp3) is 0.600. The Kier molecular flexibility index (Phi) is 7.00. The molecule has 1 aromatic rings. The average molecular weight is 363 g/mol. The summed E-state index contributed by atoms with van der Waals surface area (Å²) >= 11 is 0. The number of carbonyl (C=O) groups is 1. The summed E-state index contributed by atoms with van der Waals surface area (Å²) in [7, 11) is -2.30. The van der Waals surface area contributed by atoms with E-state index in [2.05, 4.69) is 76.0 Å². The van der Waals surface area contributed by atoms with E-state index in [0.717, 1.165) is 5.71 Å². The van der Waals surface area contributed by atoms with Gasteiger partial charge in [0.05, 0.1) is 13.0 Å². The smallest absolute Gasteiger partial charge is 0.311 e. The van der Waals surface area contributed by atoms with Crippen molar-refractivity contribution in [3.63, 3.8) is 0 Å². The lowest BCUT2D eigenvalue weighted by Gasteiger charge is -2.51. The largest absolute Gasteiger partial charge is 0.466 e. The minimum absolute atomic E-state index is 0.0281. The maximum Gasteiger partial charge on any atom is 0.311 e. The summed E-state index contributed by atoms with van der Waals surface area (Å²) in [5.41, 5.74) is 0.750. The van der Waals surface area contributed by atoms with Crippen molar-refractivity contribution < 1.29 is 9.53 Å². The Labute approximate surface area is 154 Å². The van der Waals surface area contributed by atoms with Crippen LogP contribution in [-0.4, -0.2) is 26.5 Å². The van der Waals surface area contributed by atoms with Gasteiger partial charge < -0.3 is 9.83 Å². The van der Waals surface area contributed by atoms with Crippen molar-refractivity contribution in [1.29, 1.82) is 0 Å². The second-order valence-corrected chi connectivity index (χ2v) is 13.9. The molecular weight excluding hydrogens is 328 g/mol. The first-order chi connectivity index (χ1) is 11.5. The Morgan fingerprint density at radius 2 is 1.60 bits per heavy atom. The zero-order valence-electron chi connectivity index (χ0n) is 17.1. The van der Waals surface area contributed by atoms with Gasteiger partial charge in [-0.05, 0) is 29.1 Å². The zero-order chi connectivity index (χ0) is 19.3. The maximum absolute atomic E-state index is 11.7. The van der Waals surface area contributed by atoms with E-state index in [0.29, 0.717) is 6.61 Å². The summed E-state index contributed by atoms with van der Waals surface area (Å²) in [6.07, 6.45) is 0.217. The van der Waals surface area contributed by atoms with E-state index < -0.39 is 8.24 Å². The van der Waals surface area contributed by atoms with Gasteiger partial charge in [0.2, 0.25) is 8.24 Å². The highest BCUT2D eigenvalue weighted by Crippen LogP contribution is 2.48. The van der Waals surface area contributed by atoms with Gasteiger partial charge in [-0.2, -0.15) is 5.10 Å². The van der Waals surface area contributed by atoms with Gasteiger partial charge in [0.15, 0.2) is 0 Å². The molecule has 1 aromatic carbocycles. The van der Waals surface area contributed by atoms with Crippen molar-refractivity contribution in [2.75, 3.05) is 6.61 Å². The number of ether oxygens (including phenoxy) is 1. The lowest BCUT2D eigenvalue weighted by atomic mass is 10.2. The predicted molar refractivity (Wildman–Crippen MR) is 109 cm³/mol. The minimum atomic E-state index is -2.30. The average Bonchev–Trinajstić information content (AvgIpc) is 2.46. The minimum Gasteiger partial charge on any atom is -0.466 e. The molecule has 25 heavy (non-hydrogen) atoms. The highest BCUT2D eigenvalue weighted by Gasteiger charge is 2.55. The molecule has 0 aliphatic carbocycles. The topological polar surface area (TPSA) is 50.7 Å². The van der Waals surface area contributed by atoms with Crippen molar-refractivity contribution in [2.45, 2.75) is 71.9 Å². The number of esters is 1. The normalized spacial score (nSPS) is 13.5. The summed E-state index contributed by atoms with van der Waals surface area (Å²) < 4.78 is 5.03. The quantitative estimate of drug-likeness (QED) is 0.354. The van der Waals surface area contributed by atoms with Crippen molar-refractivity contribution in [3.05, 3.63) is 30.3 Å². The van der Waals surface area contributed by atoms with Gasteiger partial charge in [-0.25, -0.2) is 0 Å². The van der Waals surface area contributed by atoms with Gasteiger partial charge in [-0.15, -0.1) is 0 Å². The molecular formula is C20H34N2O2Si. The maximum atomic E-state index is 11.7. The number of nitrogens with zero attached hydrogens (tertiary/aromatic N) is 1. The molecule has 0 amide bonds. The molecule has 0 unspecified atom stereocenters. The first-order valence-corrected chi connectivity index (χ1v) is 11.0. The molecule has 0 saturated heterocycles. The molecule has 0 aromatic heterocycles. The van der Waals surface area contributed by atoms with Gasteiger partial charge in [-0.3, -0.25) is 4.79 Å². The first-order valence-electron chi connectivity index (χ1n) is 8.97. The van der Waals surface area contributed by atoms with Crippen LogP contribution in [0.3, 0.4) is 0 Å². The molecule has 0 fully saturated rings. The molecule has 1 rings (SSSR count). The Morgan fingerprint density at radius 3 is 2.04 bits per heavy atom. The van der Waals surface area contributed by atoms with Crippen LogP contribution in [0.15, 0.2) is 35.4 Å². The number of benzene rings is 1. The Hall–Kier alpha value is -1.62. The van der Waals surface area contributed by atoms with Crippen LogP contribution in [0.5, 0.6) is 0 Å². The fourth-order valence-electron chi connectivity index (χ4n) is 3.72. The molecule has 0 atom stereocenters. The number of nitrogens with one attached hydrogen (secondary N) is 1. The van der Waals surface area contributed by atoms with E-state index in [9.17, 15) is 4.79 Å². The van der Waals surface area contributed by atoms with Gasteiger partial charge in [0.25, 0.3) is 0 Å². The third kappa shape index (κ3) is 4.94. The summed E-state index contributed by atoms with van der Waals surface area (Å²) in [5.74, 6) is -0.232. The molecule has 0 radical (unpaired) electrons. The van der Waals surface area contributed by atoms with E-state index in [-0.39, 0.29) is 22.5 Å². The highest BCUT2D eigenvalue weighted by atomic mass is 28.3. The number of hydrazone groups is 1. The highest BCUT2D eigenvalue weighted by molar-refractivity contribution is 6.94. The van der Waals surface area contributed by atoms with Crippen LogP contribution >= 0.6 is 0 Å². The molecule has 0 aliphatic rings. The van der Waals surface area contributed by atoms with Crippen molar-refractivity contribution in [2.24, 2.45) is 5.10 Å². The van der Waals surface area contributed by atoms with E-state index in [1.54, 1.807) is 0 Å². The first kappa shape index (κ1) is 21.4. The van der Waals surface area contributed by atoms with Gasteiger partial charge in [0, 0.05) is 5.71 Å². The van der Waals surface area contributed by atoms with Crippen LogP contribution in [0.25, 0.3) is 0 Å². The second-order valence-electron chi connectivity index (χ2n) is 8.56. The molecule has 5 heteroatoms. The third-order valence-corrected chi connectivity index (χ3v) is 10.7. The van der Waals surface area contributed by atoms with Crippen molar-refractivity contribution >= 4 is 25.1 Å². The van der Waals surface area contributed by atoms with Crippen molar-refractivity contribution in [3.8, 4) is 0 Å². The van der Waals surface area contributed by atoms with Gasteiger partial charge in [0.1, 0.15) is 0 Å². The van der Waals surface area contributed by atoms with Crippen LogP contribution in [0.1, 0.15) is 61.8 Å². The van der Waals surface area contributed by atoms with Crippen LogP contribution in [0.2, 0.25) is 10.1 Å². The van der Waals surface area contributed by atoms with Crippen LogP contribution in [0, 0.1) is 0 Å². The number of hydrogen-bond donors (Lipinski definition) is 1. The van der Waals surface area contributed by atoms with E-state index in [4.69, 9.17) is 4.74 Å². The number of carbonyl (C=O) groups excluding carboxylic acids is 1. The van der Waals surface area contributed by atoms with E-state index in [1.165, 1.54) is 5.19 Å². The monoisotopic (exact) mass is 362 g/mol. The van der Waals surface area contributed by atoms with E-state index in [1.807, 2.05) is 19.9 Å². The molecule has 4 nitrogen and oxygen atoms in total.